The third-order valence-corrected chi connectivity index (χ3v) is 4.24. The number of rotatable bonds is 4. The van der Waals surface area contributed by atoms with Crippen LogP contribution in [0.15, 0.2) is 59.7 Å². The summed E-state index contributed by atoms with van der Waals surface area (Å²) < 4.78 is 12.4. The Morgan fingerprint density at radius 3 is 2.63 bits per heavy atom. The monoisotopic (exact) mass is 366 g/mol. The van der Waals surface area contributed by atoms with Crippen LogP contribution < -0.4 is 10.3 Å². The molecule has 6 nitrogen and oxygen atoms in total. The molecule has 2 heterocycles. The number of esters is 1. The summed E-state index contributed by atoms with van der Waals surface area (Å²) in [5, 5.41) is 0. The predicted molar refractivity (Wildman–Crippen MR) is 102 cm³/mol. The second-order valence-electron chi connectivity index (χ2n) is 7.33. The summed E-state index contributed by atoms with van der Waals surface area (Å²) in [4.78, 5) is 29.6. The Hall–Kier alpha value is -3.15. The summed E-state index contributed by atoms with van der Waals surface area (Å²) in [5.74, 6) is -0.0289. The van der Waals surface area contributed by atoms with E-state index < -0.39 is 17.6 Å². The second-order valence-corrected chi connectivity index (χ2v) is 7.33. The van der Waals surface area contributed by atoms with Gasteiger partial charge in [-0.25, -0.2) is 9.78 Å². The van der Waals surface area contributed by atoms with E-state index in [1.54, 1.807) is 31.5 Å². The molecule has 0 amide bonds. The highest BCUT2D eigenvalue weighted by Gasteiger charge is 2.31. The van der Waals surface area contributed by atoms with E-state index in [1.165, 1.54) is 10.6 Å². The quantitative estimate of drug-likeness (QED) is 0.659. The number of aromatic nitrogens is 2. The van der Waals surface area contributed by atoms with Gasteiger partial charge in [-0.05, 0) is 29.8 Å². The fourth-order valence-corrected chi connectivity index (χ4v) is 2.89. The van der Waals surface area contributed by atoms with Gasteiger partial charge in [-0.1, -0.05) is 39.0 Å². The van der Waals surface area contributed by atoms with Gasteiger partial charge in [-0.15, -0.1) is 0 Å². The van der Waals surface area contributed by atoms with E-state index in [9.17, 15) is 9.59 Å². The molecule has 1 aromatic carbocycles. The number of methoxy groups -OCH3 is 1. The van der Waals surface area contributed by atoms with Crippen molar-refractivity contribution in [3.8, 4) is 5.75 Å². The van der Waals surface area contributed by atoms with Crippen LogP contribution in [0.5, 0.6) is 5.75 Å². The SMILES string of the molecule is COc1cccc(C(OC(=O)c2cnc3ccccn3c2=O)C(C)(C)C)c1. The molecule has 0 aliphatic rings. The molecule has 6 heteroatoms. The topological polar surface area (TPSA) is 69.9 Å². The summed E-state index contributed by atoms with van der Waals surface area (Å²) >= 11 is 0. The maximum atomic E-state index is 12.8. The molecule has 0 spiro atoms. The highest BCUT2D eigenvalue weighted by atomic mass is 16.5. The Labute approximate surface area is 157 Å². The van der Waals surface area contributed by atoms with E-state index in [1.807, 2.05) is 45.0 Å². The van der Waals surface area contributed by atoms with Crippen molar-refractivity contribution >= 4 is 11.6 Å². The van der Waals surface area contributed by atoms with Crippen LogP contribution in [0.3, 0.4) is 0 Å². The highest BCUT2D eigenvalue weighted by molar-refractivity contribution is 5.89. The van der Waals surface area contributed by atoms with Gasteiger partial charge in [0.05, 0.1) is 7.11 Å². The normalized spacial score (nSPS) is 12.6. The summed E-state index contributed by atoms with van der Waals surface area (Å²) in [6, 6.07) is 12.5. The minimum atomic E-state index is -0.700. The van der Waals surface area contributed by atoms with Gasteiger partial charge in [0.1, 0.15) is 23.1 Å². The zero-order chi connectivity index (χ0) is 19.6. The first kappa shape index (κ1) is 18.6. The van der Waals surface area contributed by atoms with Crippen LogP contribution in [-0.4, -0.2) is 22.5 Å². The average molecular weight is 366 g/mol. The zero-order valence-electron chi connectivity index (χ0n) is 15.8. The van der Waals surface area contributed by atoms with Gasteiger partial charge in [0.2, 0.25) is 0 Å². The lowest BCUT2D eigenvalue weighted by Crippen LogP contribution is -2.29. The second kappa shape index (κ2) is 7.23. The van der Waals surface area contributed by atoms with Gasteiger partial charge < -0.3 is 9.47 Å². The first-order chi connectivity index (χ1) is 12.8. The van der Waals surface area contributed by atoms with Crippen LogP contribution in [0.1, 0.15) is 42.8 Å². The third-order valence-electron chi connectivity index (χ3n) is 4.24. The standard InChI is InChI=1S/C21H22N2O4/c1-21(2,3)18(14-8-7-9-15(12-14)26-4)27-20(25)16-13-22-17-10-5-6-11-23(17)19(16)24/h5-13,18H,1-4H3. The molecule has 0 saturated carbocycles. The molecule has 0 N–H and O–H groups in total. The molecule has 0 fully saturated rings. The molecule has 0 aliphatic heterocycles. The minimum Gasteiger partial charge on any atom is -0.497 e. The lowest BCUT2D eigenvalue weighted by molar-refractivity contribution is -0.00425. The molecule has 0 bridgehead atoms. The largest absolute Gasteiger partial charge is 0.497 e. The maximum Gasteiger partial charge on any atom is 0.346 e. The number of fused-ring (bicyclic) bond motifs is 1. The number of hydrogen-bond donors (Lipinski definition) is 0. The average Bonchev–Trinajstić information content (AvgIpc) is 2.65. The number of ether oxygens (including phenoxy) is 2. The molecule has 0 aliphatic carbocycles. The number of carbonyl (C=O) groups is 1. The lowest BCUT2D eigenvalue weighted by atomic mass is 9.84. The van der Waals surface area contributed by atoms with Crippen molar-refractivity contribution < 1.29 is 14.3 Å². The predicted octanol–water partition coefficient (Wildman–Crippen LogP) is 3.65. The number of pyridine rings is 1. The molecular formula is C21H22N2O4. The first-order valence-electron chi connectivity index (χ1n) is 8.62. The van der Waals surface area contributed by atoms with E-state index >= 15 is 0 Å². The molecule has 1 atom stereocenters. The van der Waals surface area contributed by atoms with Crippen molar-refractivity contribution in [2.24, 2.45) is 5.41 Å². The Morgan fingerprint density at radius 2 is 1.93 bits per heavy atom. The molecule has 1 unspecified atom stereocenters. The van der Waals surface area contributed by atoms with Gasteiger partial charge in [-0.2, -0.15) is 0 Å². The van der Waals surface area contributed by atoms with Gasteiger partial charge >= 0.3 is 5.97 Å². The Balaban J connectivity index is 1.98. The molecule has 27 heavy (non-hydrogen) atoms. The van der Waals surface area contributed by atoms with Crippen molar-refractivity contribution in [2.75, 3.05) is 7.11 Å². The number of hydrogen-bond acceptors (Lipinski definition) is 5. The third kappa shape index (κ3) is 3.84. The highest BCUT2D eigenvalue weighted by Crippen LogP contribution is 2.37. The fraction of sp³-hybridized carbons (Fsp3) is 0.286. The van der Waals surface area contributed by atoms with E-state index in [0.29, 0.717) is 11.4 Å². The molecule has 140 valence electrons. The molecule has 2 aromatic heterocycles. The van der Waals surface area contributed by atoms with Crippen molar-refractivity contribution in [1.82, 2.24) is 9.38 Å². The molecule has 0 radical (unpaired) electrons. The van der Waals surface area contributed by atoms with E-state index in [-0.39, 0.29) is 11.0 Å². The maximum absolute atomic E-state index is 12.8. The van der Waals surface area contributed by atoms with Crippen LogP contribution in [0.2, 0.25) is 0 Å². The van der Waals surface area contributed by atoms with Gasteiger partial charge in [0, 0.05) is 17.8 Å². The summed E-state index contributed by atoms with van der Waals surface area (Å²) in [7, 11) is 1.58. The van der Waals surface area contributed by atoms with Crippen molar-refractivity contribution in [1.29, 1.82) is 0 Å². The first-order valence-corrected chi connectivity index (χ1v) is 8.62. The number of carbonyl (C=O) groups excluding carboxylic acids is 1. The van der Waals surface area contributed by atoms with Crippen LogP contribution in [0.25, 0.3) is 5.65 Å². The smallest absolute Gasteiger partial charge is 0.346 e. The number of nitrogens with zero attached hydrogens (tertiary/aromatic N) is 2. The summed E-state index contributed by atoms with van der Waals surface area (Å²) in [6.07, 6.45) is 2.28. The zero-order valence-corrected chi connectivity index (χ0v) is 15.8. The molecule has 3 rings (SSSR count). The minimum absolute atomic E-state index is 0.101. The number of benzene rings is 1. The lowest BCUT2D eigenvalue weighted by Gasteiger charge is -2.30. The van der Waals surface area contributed by atoms with E-state index in [0.717, 1.165) is 5.56 Å². The molecular weight excluding hydrogens is 344 g/mol. The summed E-state index contributed by atoms with van der Waals surface area (Å²) in [6.45, 7) is 5.90. The summed E-state index contributed by atoms with van der Waals surface area (Å²) in [5.41, 5.74) is 0.325. The van der Waals surface area contributed by atoms with Crippen LogP contribution in [0.4, 0.5) is 0 Å². The fourth-order valence-electron chi connectivity index (χ4n) is 2.89. The molecule has 0 saturated heterocycles. The van der Waals surface area contributed by atoms with E-state index in [4.69, 9.17) is 9.47 Å². The Morgan fingerprint density at radius 1 is 1.15 bits per heavy atom. The molecule has 3 aromatic rings. The van der Waals surface area contributed by atoms with Crippen molar-refractivity contribution in [3.05, 3.63) is 76.3 Å². The van der Waals surface area contributed by atoms with Gasteiger partial charge in [0.25, 0.3) is 5.56 Å². The Bertz CT molecular complexity index is 1030. The Kier molecular flexibility index (Phi) is 4.99. The van der Waals surface area contributed by atoms with Gasteiger partial charge in [0.15, 0.2) is 0 Å². The van der Waals surface area contributed by atoms with Crippen molar-refractivity contribution in [3.63, 3.8) is 0 Å². The van der Waals surface area contributed by atoms with Crippen LogP contribution in [0, 0.1) is 5.41 Å². The van der Waals surface area contributed by atoms with Crippen LogP contribution in [-0.2, 0) is 4.74 Å². The van der Waals surface area contributed by atoms with Gasteiger partial charge in [-0.3, -0.25) is 9.20 Å². The van der Waals surface area contributed by atoms with Crippen molar-refractivity contribution in [2.45, 2.75) is 26.9 Å². The van der Waals surface area contributed by atoms with E-state index in [2.05, 4.69) is 4.98 Å². The van der Waals surface area contributed by atoms with Crippen LogP contribution >= 0.6 is 0 Å².